The van der Waals surface area contributed by atoms with Crippen LogP contribution in [0.5, 0.6) is 5.75 Å². The average molecular weight is 389 g/mol. The average Bonchev–Trinajstić information content (AvgIpc) is 3.37. The normalized spacial score (nSPS) is 10.6. The van der Waals surface area contributed by atoms with Crippen LogP contribution in [-0.2, 0) is 0 Å². The van der Waals surface area contributed by atoms with Gasteiger partial charge in [0.15, 0.2) is 11.6 Å². The Bertz CT molecular complexity index is 1220. The first-order valence-electron chi connectivity index (χ1n) is 8.40. The summed E-state index contributed by atoms with van der Waals surface area (Å²) < 4.78 is 6.89. The highest BCUT2D eigenvalue weighted by Gasteiger charge is 2.18. The van der Waals surface area contributed by atoms with E-state index in [1.165, 1.54) is 22.2 Å². The summed E-state index contributed by atoms with van der Waals surface area (Å²) in [6.07, 6.45) is 1.41. The topological polar surface area (TPSA) is 92.8 Å². The largest absolute Gasteiger partial charge is 0.494 e. The number of hydrogen-bond donors (Lipinski definition) is 1. The number of methoxy groups -OCH3 is 1. The van der Waals surface area contributed by atoms with Crippen molar-refractivity contribution in [3.63, 3.8) is 0 Å². The van der Waals surface area contributed by atoms with Gasteiger partial charge in [-0.15, -0.1) is 11.3 Å². The molecule has 1 N–H and O–H groups in total. The number of nitriles is 1. The predicted molar refractivity (Wildman–Crippen MR) is 107 cm³/mol. The lowest BCUT2D eigenvalue weighted by Crippen LogP contribution is -2.15. The Morgan fingerprint density at radius 1 is 1.32 bits per heavy atom. The van der Waals surface area contributed by atoms with E-state index in [0.29, 0.717) is 22.0 Å². The lowest BCUT2D eigenvalue weighted by Gasteiger charge is -2.12. The Morgan fingerprint density at radius 2 is 2.18 bits per heavy atom. The Hall–Kier alpha value is -3.70. The maximum absolute atomic E-state index is 12.5. The third-order valence-corrected chi connectivity index (χ3v) is 5.17. The fourth-order valence-electron chi connectivity index (χ4n) is 2.95. The number of carbonyl (C=O) groups excluding carboxylic acids is 1. The lowest BCUT2D eigenvalue weighted by atomic mass is 10.1. The van der Waals surface area contributed by atoms with Gasteiger partial charge in [0.1, 0.15) is 22.9 Å². The Kier molecular flexibility index (Phi) is 4.51. The van der Waals surface area contributed by atoms with Crippen LogP contribution in [0.2, 0.25) is 0 Å². The van der Waals surface area contributed by atoms with E-state index < -0.39 is 0 Å². The van der Waals surface area contributed by atoms with Crippen molar-refractivity contribution in [1.82, 2.24) is 14.8 Å². The Balaban J connectivity index is 1.85. The molecule has 0 aliphatic rings. The summed E-state index contributed by atoms with van der Waals surface area (Å²) in [4.78, 5) is 17.7. The summed E-state index contributed by atoms with van der Waals surface area (Å²) >= 11 is 1.32. The number of aromatic nitrogens is 3. The molecule has 4 rings (SSSR count). The third-order valence-electron chi connectivity index (χ3n) is 4.30. The maximum atomic E-state index is 12.5. The molecule has 138 valence electrons. The molecule has 3 aromatic heterocycles. The lowest BCUT2D eigenvalue weighted by molar-refractivity contribution is 0.103. The molecule has 7 nitrogen and oxygen atoms in total. The van der Waals surface area contributed by atoms with Crippen molar-refractivity contribution in [2.24, 2.45) is 0 Å². The number of hydrogen-bond acceptors (Lipinski definition) is 6. The van der Waals surface area contributed by atoms with Gasteiger partial charge in [-0.25, -0.2) is 4.98 Å². The number of carbonyl (C=O) groups is 1. The van der Waals surface area contributed by atoms with Gasteiger partial charge in [0.2, 0.25) is 0 Å². The second-order valence-electron chi connectivity index (χ2n) is 6.02. The highest BCUT2D eigenvalue weighted by molar-refractivity contribution is 7.12. The first-order valence-corrected chi connectivity index (χ1v) is 9.28. The number of fused-ring (bicyclic) bond motifs is 1. The van der Waals surface area contributed by atoms with E-state index in [2.05, 4.69) is 21.5 Å². The fraction of sp³-hybridized carbons (Fsp3) is 0.100. The van der Waals surface area contributed by atoms with E-state index in [1.54, 1.807) is 19.2 Å². The molecule has 0 bridgehead atoms. The van der Waals surface area contributed by atoms with E-state index in [0.717, 1.165) is 10.9 Å². The van der Waals surface area contributed by atoms with Gasteiger partial charge in [0.05, 0.1) is 18.2 Å². The van der Waals surface area contributed by atoms with Gasteiger partial charge in [-0.05, 0) is 36.1 Å². The van der Waals surface area contributed by atoms with Gasteiger partial charge in [0, 0.05) is 5.39 Å². The van der Waals surface area contributed by atoms with Crippen LogP contribution in [-0.4, -0.2) is 27.8 Å². The first kappa shape index (κ1) is 17.7. The van der Waals surface area contributed by atoms with Crippen LogP contribution in [0.15, 0.2) is 48.0 Å². The first-order chi connectivity index (χ1) is 13.6. The number of benzene rings is 1. The van der Waals surface area contributed by atoms with Gasteiger partial charge in [-0.1, -0.05) is 18.2 Å². The monoisotopic (exact) mass is 389 g/mol. The maximum Gasteiger partial charge on any atom is 0.266 e. The number of thiophene rings is 1. The van der Waals surface area contributed by atoms with Crippen LogP contribution >= 0.6 is 11.3 Å². The molecule has 8 heteroatoms. The number of aryl methyl sites for hydroxylation is 1. The SMILES string of the molecule is COc1cccc2c(C)cc(-n3ncc(C#N)c3NC(=O)c3cccs3)nc12. The minimum atomic E-state index is -0.302. The smallest absolute Gasteiger partial charge is 0.266 e. The molecule has 0 spiro atoms. The number of ether oxygens (including phenoxy) is 1. The highest BCUT2D eigenvalue weighted by Crippen LogP contribution is 2.29. The summed E-state index contributed by atoms with van der Waals surface area (Å²) in [6, 6.07) is 13.1. The molecule has 0 unspecified atom stereocenters. The number of rotatable bonds is 4. The zero-order valence-electron chi connectivity index (χ0n) is 15.1. The fourth-order valence-corrected chi connectivity index (χ4v) is 3.57. The number of amides is 1. The van der Waals surface area contributed by atoms with Crippen LogP contribution in [0.4, 0.5) is 5.82 Å². The number of nitrogens with zero attached hydrogens (tertiary/aromatic N) is 4. The van der Waals surface area contributed by atoms with Crippen molar-refractivity contribution in [3.05, 3.63) is 64.0 Å². The van der Waals surface area contributed by atoms with Gasteiger partial charge in [0.25, 0.3) is 5.91 Å². The van der Waals surface area contributed by atoms with E-state index in [4.69, 9.17) is 4.74 Å². The van der Waals surface area contributed by atoms with Crippen molar-refractivity contribution in [1.29, 1.82) is 5.26 Å². The van der Waals surface area contributed by atoms with Gasteiger partial charge < -0.3 is 10.1 Å². The highest BCUT2D eigenvalue weighted by atomic mass is 32.1. The van der Waals surface area contributed by atoms with Crippen LogP contribution < -0.4 is 10.1 Å². The molecular weight excluding hydrogens is 374 g/mol. The van der Waals surface area contributed by atoms with E-state index in [1.807, 2.05) is 36.6 Å². The zero-order valence-corrected chi connectivity index (χ0v) is 15.9. The molecular formula is C20H15N5O2S. The Morgan fingerprint density at radius 3 is 2.89 bits per heavy atom. The second-order valence-corrected chi connectivity index (χ2v) is 6.96. The van der Waals surface area contributed by atoms with Crippen molar-refractivity contribution in [2.75, 3.05) is 12.4 Å². The zero-order chi connectivity index (χ0) is 19.7. The van der Waals surface area contributed by atoms with Crippen molar-refractivity contribution >= 4 is 34.0 Å². The third kappa shape index (κ3) is 2.98. The summed E-state index contributed by atoms with van der Waals surface area (Å²) in [6.45, 7) is 1.96. The molecule has 0 fully saturated rings. The van der Waals surface area contributed by atoms with Crippen molar-refractivity contribution in [3.8, 4) is 17.6 Å². The van der Waals surface area contributed by atoms with Crippen molar-refractivity contribution < 1.29 is 9.53 Å². The van der Waals surface area contributed by atoms with E-state index in [-0.39, 0.29) is 17.3 Å². The number of pyridine rings is 1. The van der Waals surface area contributed by atoms with Crippen LogP contribution in [0.1, 0.15) is 20.8 Å². The van der Waals surface area contributed by atoms with E-state index in [9.17, 15) is 10.1 Å². The summed E-state index contributed by atoms with van der Waals surface area (Å²) in [5.74, 6) is 1.10. The molecule has 3 heterocycles. The minimum Gasteiger partial charge on any atom is -0.494 e. The molecule has 1 aromatic carbocycles. The molecule has 4 aromatic rings. The number of para-hydroxylation sites is 1. The molecule has 0 aliphatic carbocycles. The predicted octanol–water partition coefficient (Wildman–Crippen LogP) is 3.92. The summed E-state index contributed by atoms with van der Waals surface area (Å²) in [5.41, 5.74) is 1.91. The molecule has 0 saturated carbocycles. The van der Waals surface area contributed by atoms with E-state index >= 15 is 0 Å². The van der Waals surface area contributed by atoms with Gasteiger partial charge >= 0.3 is 0 Å². The molecule has 0 aliphatic heterocycles. The number of anilines is 1. The molecule has 0 atom stereocenters. The van der Waals surface area contributed by atoms with Crippen molar-refractivity contribution in [2.45, 2.75) is 6.92 Å². The molecule has 1 amide bonds. The second kappa shape index (κ2) is 7.13. The molecule has 0 saturated heterocycles. The van der Waals surface area contributed by atoms with Gasteiger partial charge in [-0.3, -0.25) is 4.79 Å². The Labute approximate surface area is 164 Å². The minimum absolute atomic E-state index is 0.254. The van der Waals surface area contributed by atoms with Crippen LogP contribution in [0.3, 0.4) is 0 Å². The molecule has 28 heavy (non-hydrogen) atoms. The standard InChI is InChI=1S/C20H15N5O2S/c1-12-9-17(23-18-14(12)5-3-6-15(18)27-2)25-19(13(10-21)11-22-25)24-20(26)16-7-4-8-28-16/h3-9,11H,1-2H3,(H,24,26). The molecule has 0 radical (unpaired) electrons. The summed E-state index contributed by atoms with van der Waals surface area (Å²) in [7, 11) is 1.59. The quantitative estimate of drug-likeness (QED) is 0.571. The van der Waals surface area contributed by atoms with Gasteiger partial charge in [-0.2, -0.15) is 15.0 Å². The number of nitrogens with one attached hydrogen (secondary N) is 1. The van der Waals surface area contributed by atoms with Crippen LogP contribution in [0, 0.1) is 18.3 Å². The summed E-state index contributed by atoms with van der Waals surface area (Å²) in [5, 5.41) is 19.3. The van der Waals surface area contributed by atoms with Crippen LogP contribution in [0.25, 0.3) is 16.7 Å².